The number of hydrogen-bond donors (Lipinski definition) is 2. The Balaban J connectivity index is 2.33. The summed E-state index contributed by atoms with van der Waals surface area (Å²) in [5.41, 5.74) is 0. The van der Waals surface area contributed by atoms with Crippen LogP contribution in [0.4, 0.5) is 0 Å². The summed E-state index contributed by atoms with van der Waals surface area (Å²) in [6.45, 7) is -0.162. The van der Waals surface area contributed by atoms with Crippen molar-refractivity contribution in [1.82, 2.24) is 0 Å². The molecule has 6 heteroatoms. The minimum atomic E-state index is -1.06. The molecule has 2 N–H and O–H groups in total. The van der Waals surface area contributed by atoms with E-state index in [1.165, 1.54) is 0 Å². The molecule has 1 aliphatic rings. The zero-order valence-electron chi connectivity index (χ0n) is 7.92. The van der Waals surface area contributed by atoms with Gasteiger partial charge in [-0.2, -0.15) is 0 Å². The van der Waals surface area contributed by atoms with E-state index in [0.717, 1.165) is 12.8 Å². The van der Waals surface area contributed by atoms with Crippen molar-refractivity contribution in [3.8, 4) is 0 Å². The Bertz CT molecular complexity index is 151. The van der Waals surface area contributed by atoms with Gasteiger partial charge in [0.05, 0.1) is 13.2 Å². The average molecular weight is 240 g/mol. The third-order valence-corrected chi connectivity index (χ3v) is 6.23. The Morgan fingerprint density at radius 1 is 0.929 bits per heavy atom. The molecule has 1 rings (SSSR count). The maximum absolute atomic E-state index is 11.5. The molecule has 4 unspecified atom stereocenters. The smallest absolute Gasteiger partial charge is 0.162 e. The van der Waals surface area contributed by atoms with Crippen molar-refractivity contribution in [2.75, 3.05) is 24.7 Å². The van der Waals surface area contributed by atoms with E-state index in [2.05, 4.69) is 0 Å². The second-order valence-electron chi connectivity index (χ2n) is 3.27. The van der Waals surface area contributed by atoms with Gasteiger partial charge in [-0.25, -0.2) is 0 Å². The largest absolute Gasteiger partial charge is 0.616 e. The molecule has 0 aliphatic heterocycles. The fraction of sp³-hybridized carbons (Fsp3) is 1.00. The van der Waals surface area contributed by atoms with E-state index in [9.17, 15) is 9.11 Å². The molecule has 0 aromatic rings. The molecule has 1 saturated carbocycles. The summed E-state index contributed by atoms with van der Waals surface area (Å²) in [5.74, 6) is 0.551. The monoisotopic (exact) mass is 240 g/mol. The first-order valence-corrected chi connectivity index (χ1v) is 7.43. The van der Waals surface area contributed by atoms with Crippen LogP contribution in [0.25, 0.3) is 0 Å². The molecule has 0 saturated heterocycles. The summed E-state index contributed by atoms with van der Waals surface area (Å²) >= 11 is -2.11. The van der Waals surface area contributed by atoms with E-state index >= 15 is 0 Å². The number of aliphatic hydroxyl groups is 2. The van der Waals surface area contributed by atoms with Crippen LogP contribution in [0.5, 0.6) is 0 Å². The summed E-state index contributed by atoms with van der Waals surface area (Å²) in [5, 5.41) is 17.2. The molecule has 0 radical (unpaired) electrons. The maximum Gasteiger partial charge on any atom is 0.162 e. The molecule has 0 aromatic heterocycles. The van der Waals surface area contributed by atoms with E-state index in [1.807, 2.05) is 0 Å². The molecule has 0 amide bonds. The molecule has 0 aromatic carbocycles. The lowest BCUT2D eigenvalue weighted by Crippen LogP contribution is -2.50. The van der Waals surface area contributed by atoms with Gasteiger partial charge < -0.3 is 19.3 Å². The molecular weight excluding hydrogens is 224 g/mol. The second kappa shape index (κ2) is 6.19. The first-order chi connectivity index (χ1) is 6.70. The van der Waals surface area contributed by atoms with Gasteiger partial charge >= 0.3 is 0 Å². The van der Waals surface area contributed by atoms with Crippen LogP contribution < -0.4 is 0 Å². The Labute approximate surface area is 90.1 Å². The Morgan fingerprint density at radius 3 is 1.50 bits per heavy atom. The molecular formula is C8H16O4S2. The summed E-state index contributed by atoms with van der Waals surface area (Å²) < 4.78 is 23.0. The lowest BCUT2D eigenvalue weighted by molar-refractivity contribution is 0.315. The second-order valence-corrected chi connectivity index (χ2v) is 6.82. The topological polar surface area (TPSA) is 86.6 Å². The lowest BCUT2D eigenvalue weighted by atomic mass is 9.99. The summed E-state index contributed by atoms with van der Waals surface area (Å²) in [6.07, 6.45) is 1.66. The molecule has 1 aliphatic carbocycles. The maximum atomic E-state index is 11.5. The third kappa shape index (κ3) is 3.01. The van der Waals surface area contributed by atoms with Crippen LogP contribution in [0.1, 0.15) is 12.8 Å². The van der Waals surface area contributed by atoms with Crippen LogP contribution in [-0.4, -0.2) is 54.5 Å². The zero-order chi connectivity index (χ0) is 10.6. The first kappa shape index (κ1) is 12.6. The van der Waals surface area contributed by atoms with Gasteiger partial charge in [-0.15, -0.1) is 0 Å². The van der Waals surface area contributed by atoms with E-state index in [-0.39, 0.29) is 35.2 Å². The van der Waals surface area contributed by atoms with Gasteiger partial charge in [-0.3, -0.25) is 0 Å². The lowest BCUT2D eigenvalue weighted by Gasteiger charge is -2.37. The minimum Gasteiger partial charge on any atom is -0.616 e. The minimum absolute atomic E-state index is 0.0328. The highest BCUT2D eigenvalue weighted by Crippen LogP contribution is 2.33. The molecule has 1 fully saturated rings. The summed E-state index contributed by atoms with van der Waals surface area (Å²) in [7, 11) is 0. The molecule has 84 valence electrons. The standard InChI is InChI=1S/C8H16O4S2/c9-3-5-13(11)7-1-2-8(7)14(12)6-4-10/h7-10H,1-6H2. The van der Waals surface area contributed by atoms with Crippen molar-refractivity contribution in [3.63, 3.8) is 0 Å². The molecule has 4 nitrogen and oxygen atoms in total. The zero-order valence-corrected chi connectivity index (χ0v) is 9.56. The van der Waals surface area contributed by atoms with Gasteiger partial charge in [-0.05, 0) is 22.4 Å². The molecule has 0 heterocycles. The molecule has 4 atom stereocenters. The van der Waals surface area contributed by atoms with Crippen molar-refractivity contribution < 1.29 is 19.3 Å². The SMILES string of the molecule is [O-][S+](CCO)C1CCC1[S+]([O-])CCO. The van der Waals surface area contributed by atoms with Crippen molar-refractivity contribution in [2.24, 2.45) is 0 Å². The number of aliphatic hydroxyl groups excluding tert-OH is 2. The fourth-order valence-electron chi connectivity index (χ4n) is 1.52. The number of rotatable bonds is 6. The quantitative estimate of drug-likeness (QED) is 0.583. The highest BCUT2D eigenvalue weighted by atomic mass is 32.2. The average Bonchev–Trinajstić information content (AvgIpc) is 2.02. The van der Waals surface area contributed by atoms with Crippen molar-refractivity contribution in [1.29, 1.82) is 0 Å². The third-order valence-electron chi connectivity index (χ3n) is 2.41. The molecule has 0 spiro atoms. The molecule has 0 bridgehead atoms. The number of hydrogen-bond acceptors (Lipinski definition) is 4. The van der Waals surface area contributed by atoms with Crippen molar-refractivity contribution in [2.45, 2.75) is 23.3 Å². The van der Waals surface area contributed by atoms with E-state index in [0.29, 0.717) is 0 Å². The highest BCUT2D eigenvalue weighted by molar-refractivity contribution is 7.96. The van der Waals surface area contributed by atoms with Crippen LogP contribution in [-0.2, 0) is 22.4 Å². The van der Waals surface area contributed by atoms with Crippen molar-refractivity contribution >= 4 is 22.4 Å². The highest BCUT2D eigenvalue weighted by Gasteiger charge is 2.47. The molecule has 14 heavy (non-hydrogen) atoms. The normalized spacial score (nSPS) is 30.9. The van der Waals surface area contributed by atoms with Crippen LogP contribution in [0.2, 0.25) is 0 Å². The van der Waals surface area contributed by atoms with Gasteiger partial charge in [0.15, 0.2) is 10.5 Å². The van der Waals surface area contributed by atoms with E-state index in [4.69, 9.17) is 10.2 Å². The predicted molar refractivity (Wildman–Crippen MR) is 57.0 cm³/mol. The predicted octanol–water partition coefficient (Wildman–Crippen LogP) is -1.00. The van der Waals surface area contributed by atoms with E-state index in [1.54, 1.807) is 0 Å². The van der Waals surface area contributed by atoms with Crippen LogP contribution in [0.3, 0.4) is 0 Å². The fourth-order valence-corrected chi connectivity index (χ4v) is 4.98. The van der Waals surface area contributed by atoms with Crippen molar-refractivity contribution in [3.05, 3.63) is 0 Å². The summed E-state index contributed by atoms with van der Waals surface area (Å²) in [4.78, 5) is 0. The van der Waals surface area contributed by atoms with Gasteiger partial charge in [0.1, 0.15) is 11.5 Å². The Hall–Kier alpha value is 0.540. The van der Waals surface area contributed by atoms with Gasteiger partial charge in [0.25, 0.3) is 0 Å². The van der Waals surface area contributed by atoms with Gasteiger partial charge in [0, 0.05) is 12.8 Å². The summed E-state index contributed by atoms with van der Waals surface area (Å²) in [6, 6.07) is 0. The van der Waals surface area contributed by atoms with E-state index < -0.39 is 22.4 Å². The van der Waals surface area contributed by atoms with Crippen LogP contribution in [0.15, 0.2) is 0 Å². The first-order valence-electron chi connectivity index (χ1n) is 4.66. The van der Waals surface area contributed by atoms with Crippen LogP contribution in [0, 0.1) is 0 Å². The Morgan fingerprint density at radius 2 is 1.29 bits per heavy atom. The van der Waals surface area contributed by atoms with Gasteiger partial charge in [-0.1, -0.05) is 0 Å². The van der Waals surface area contributed by atoms with Gasteiger partial charge in [0.2, 0.25) is 0 Å². The van der Waals surface area contributed by atoms with Crippen LogP contribution >= 0.6 is 0 Å². The Kier molecular flexibility index (Phi) is 5.58.